The Morgan fingerprint density at radius 1 is 1.04 bits per heavy atom. The van der Waals surface area contributed by atoms with Gasteiger partial charge in [-0.3, -0.25) is 4.57 Å². The third-order valence-electron chi connectivity index (χ3n) is 5.10. The first kappa shape index (κ1) is 19.8. The van der Waals surface area contributed by atoms with Crippen molar-refractivity contribution in [3.8, 4) is 17.1 Å². The normalized spacial score (nSPS) is 11.8. The van der Waals surface area contributed by atoms with E-state index in [-0.39, 0.29) is 5.41 Å². The van der Waals surface area contributed by atoms with Crippen molar-refractivity contribution in [3.63, 3.8) is 0 Å². The second-order valence-electron chi connectivity index (χ2n) is 7.97. The van der Waals surface area contributed by atoms with Gasteiger partial charge in [-0.2, -0.15) is 0 Å². The average molecular weight is 426 g/mol. The summed E-state index contributed by atoms with van der Waals surface area (Å²) in [5.41, 5.74) is 4.66. The summed E-state index contributed by atoms with van der Waals surface area (Å²) >= 11 is 3.59. The molecule has 0 aliphatic carbocycles. The Kier molecular flexibility index (Phi) is 5.85. The summed E-state index contributed by atoms with van der Waals surface area (Å²) in [6.07, 6.45) is 3.45. The quantitative estimate of drug-likeness (QED) is 0.435. The van der Waals surface area contributed by atoms with E-state index in [1.54, 1.807) is 0 Å². The van der Waals surface area contributed by atoms with E-state index in [1.165, 1.54) is 24.0 Å². The molecular weight excluding hydrogens is 398 g/mol. The highest BCUT2D eigenvalue weighted by atomic mass is 79.9. The standard InChI is InChI=1S/C23H28BrN3/c1-6-7-13-23(4,5)22-26-25-21(18-9-8-10-19(24)15-18)27(22)20-12-11-16(2)14-17(20)3/h8-12,14-15H,6-7,13H2,1-5H3. The summed E-state index contributed by atoms with van der Waals surface area (Å²) in [6.45, 7) is 11.1. The van der Waals surface area contributed by atoms with E-state index in [9.17, 15) is 0 Å². The highest BCUT2D eigenvalue weighted by Gasteiger charge is 2.29. The molecule has 4 heteroatoms. The number of aryl methyl sites for hydroxylation is 2. The molecule has 3 nitrogen and oxygen atoms in total. The van der Waals surface area contributed by atoms with E-state index < -0.39 is 0 Å². The predicted octanol–water partition coefficient (Wildman–Crippen LogP) is 6.78. The van der Waals surface area contributed by atoms with Crippen LogP contribution in [0.15, 0.2) is 46.9 Å². The molecule has 0 fully saturated rings. The summed E-state index contributed by atoms with van der Waals surface area (Å²) < 4.78 is 3.30. The SMILES string of the molecule is CCCCC(C)(C)c1nnc(-c2cccc(Br)c2)n1-c1ccc(C)cc1C. The van der Waals surface area contributed by atoms with Crippen molar-refractivity contribution < 1.29 is 0 Å². The summed E-state index contributed by atoms with van der Waals surface area (Å²) in [5, 5.41) is 9.32. The maximum absolute atomic E-state index is 4.68. The molecule has 0 saturated carbocycles. The lowest BCUT2D eigenvalue weighted by Crippen LogP contribution is -2.23. The smallest absolute Gasteiger partial charge is 0.168 e. The van der Waals surface area contributed by atoms with Crippen molar-refractivity contribution >= 4 is 15.9 Å². The van der Waals surface area contributed by atoms with Gasteiger partial charge in [0, 0.05) is 15.5 Å². The molecule has 0 radical (unpaired) electrons. The first-order chi connectivity index (χ1) is 12.8. The molecule has 0 atom stereocenters. The van der Waals surface area contributed by atoms with Crippen LogP contribution in [0.4, 0.5) is 0 Å². The molecule has 2 aromatic carbocycles. The molecule has 1 heterocycles. The van der Waals surface area contributed by atoms with Crippen LogP contribution in [0.5, 0.6) is 0 Å². The molecule has 0 spiro atoms. The lowest BCUT2D eigenvalue weighted by Gasteiger charge is -2.25. The lowest BCUT2D eigenvalue weighted by molar-refractivity contribution is 0.425. The number of benzene rings is 2. The fourth-order valence-corrected chi connectivity index (χ4v) is 3.95. The topological polar surface area (TPSA) is 30.7 Å². The van der Waals surface area contributed by atoms with E-state index in [4.69, 9.17) is 0 Å². The number of aromatic nitrogens is 3. The first-order valence-corrected chi connectivity index (χ1v) is 10.4. The summed E-state index contributed by atoms with van der Waals surface area (Å²) in [5.74, 6) is 1.92. The van der Waals surface area contributed by atoms with Gasteiger partial charge in [-0.15, -0.1) is 10.2 Å². The monoisotopic (exact) mass is 425 g/mol. The van der Waals surface area contributed by atoms with Crippen LogP contribution in [0.2, 0.25) is 0 Å². The predicted molar refractivity (Wildman–Crippen MR) is 117 cm³/mol. The molecule has 0 unspecified atom stereocenters. The molecule has 3 aromatic rings. The zero-order valence-electron chi connectivity index (χ0n) is 16.9. The molecule has 27 heavy (non-hydrogen) atoms. The highest BCUT2D eigenvalue weighted by Crippen LogP contribution is 2.34. The van der Waals surface area contributed by atoms with Gasteiger partial charge in [-0.25, -0.2) is 0 Å². The first-order valence-electron chi connectivity index (χ1n) is 9.63. The number of halogens is 1. The van der Waals surface area contributed by atoms with Gasteiger partial charge in [-0.1, -0.05) is 79.4 Å². The van der Waals surface area contributed by atoms with Crippen molar-refractivity contribution in [2.45, 2.75) is 59.3 Å². The molecular formula is C23H28BrN3. The fraction of sp³-hybridized carbons (Fsp3) is 0.391. The van der Waals surface area contributed by atoms with Crippen LogP contribution in [0.3, 0.4) is 0 Å². The number of nitrogens with zero attached hydrogens (tertiary/aromatic N) is 3. The van der Waals surface area contributed by atoms with Crippen molar-refractivity contribution in [2.24, 2.45) is 0 Å². The van der Waals surface area contributed by atoms with Crippen LogP contribution in [0.1, 0.15) is 57.0 Å². The van der Waals surface area contributed by atoms with Crippen LogP contribution >= 0.6 is 15.9 Å². The van der Waals surface area contributed by atoms with E-state index in [1.807, 2.05) is 12.1 Å². The Hall–Kier alpha value is -1.94. The zero-order chi connectivity index (χ0) is 19.6. The number of hydrogen-bond donors (Lipinski definition) is 0. The van der Waals surface area contributed by atoms with E-state index in [0.717, 1.165) is 33.8 Å². The molecule has 0 amide bonds. The largest absolute Gasteiger partial charge is 0.278 e. The minimum atomic E-state index is -0.0510. The van der Waals surface area contributed by atoms with Crippen molar-refractivity contribution in [3.05, 3.63) is 63.9 Å². The minimum absolute atomic E-state index is 0.0510. The van der Waals surface area contributed by atoms with E-state index >= 15 is 0 Å². The van der Waals surface area contributed by atoms with Gasteiger partial charge in [0.05, 0.1) is 5.69 Å². The van der Waals surface area contributed by atoms with Gasteiger partial charge in [0.25, 0.3) is 0 Å². The van der Waals surface area contributed by atoms with Gasteiger partial charge in [0.2, 0.25) is 0 Å². The van der Waals surface area contributed by atoms with Crippen molar-refractivity contribution in [1.29, 1.82) is 0 Å². The zero-order valence-corrected chi connectivity index (χ0v) is 18.5. The molecule has 1 aromatic heterocycles. The second-order valence-corrected chi connectivity index (χ2v) is 8.89. The van der Waals surface area contributed by atoms with Crippen LogP contribution in [-0.4, -0.2) is 14.8 Å². The maximum Gasteiger partial charge on any atom is 0.168 e. The third kappa shape index (κ3) is 4.16. The molecule has 0 aliphatic heterocycles. The average Bonchev–Trinajstić information content (AvgIpc) is 3.06. The Morgan fingerprint density at radius 3 is 2.48 bits per heavy atom. The summed E-state index contributed by atoms with van der Waals surface area (Å²) in [7, 11) is 0. The number of hydrogen-bond acceptors (Lipinski definition) is 2. The molecule has 0 aliphatic rings. The highest BCUT2D eigenvalue weighted by molar-refractivity contribution is 9.10. The van der Waals surface area contributed by atoms with Crippen LogP contribution in [-0.2, 0) is 5.41 Å². The van der Waals surface area contributed by atoms with Crippen LogP contribution in [0, 0.1) is 13.8 Å². The van der Waals surface area contributed by atoms with E-state index in [0.29, 0.717) is 0 Å². The second kappa shape index (κ2) is 7.97. The van der Waals surface area contributed by atoms with Gasteiger partial charge in [-0.05, 0) is 44.0 Å². The van der Waals surface area contributed by atoms with E-state index in [2.05, 4.69) is 95.6 Å². The molecule has 0 N–H and O–H groups in total. The Bertz CT molecular complexity index is 941. The molecule has 0 saturated heterocycles. The molecule has 0 bridgehead atoms. The number of rotatable bonds is 6. The van der Waals surface area contributed by atoms with Crippen molar-refractivity contribution in [1.82, 2.24) is 14.8 Å². The van der Waals surface area contributed by atoms with Gasteiger partial charge in [0.1, 0.15) is 5.82 Å². The van der Waals surface area contributed by atoms with Crippen molar-refractivity contribution in [2.75, 3.05) is 0 Å². The fourth-order valence-electron chi connectivity index (χ4n) is 3.55. The lowest BCUT2D eigenvalue weighted by atomic mass is 9.86. The maximum atomic E-state index is 4.68. The Balaban J connectivity index is 2.24. The Morgan fingerprint density at radius 2 is 1.81 bits per heavy atom. The molecule has 142 valence electrons. The Labute approximate surface area is 171 Å². The third-order valence-corrected chi connectivity index (χ3v) is 5.59. The molecule has 3 rings (SSSR count). The van der Waals surface area contributed by atoms with Crippen LogP contribution < -0.4 is 0 Å². The van der Waals surface area contributed by atoms with Gasteiger partial charge < -0.3 is 0 Å². The summed E-state index contributed by atoms with van der Waals surface area (Å²) in [6, 6.07) is 14.9. The van der Waals surface area contributed by atoms with Gasteiger partial charge >= 0.3 is 0 Å². The summed E-state index contributed by atoms with van der Waals surface area (Å²) in [4.78, 5) is 0. The minimum Gasteiger partial charge on any atom is -0.278 e. The number of unbranched alkanes of at least 4 members (excludes halogenated alkanes) is 1. The van der Waals surface area contributed by atoms with Crippen LogP contribution in [0.25, 0.3) is 17.1 Å². The van der Waals surface area contributed by atoms with Gasteiger partial charge in [0.15, 0.2) is 5.82 Å².